The Kier molecular flexibility index (Phi) is 3.39. The number of anilines is 2. The summed E-state index contributed by atoms with van der Waals surface area (Å²) >= 11 is 0. The third kappa shape index (κ3) is 3.00. The number of halogens is 2. The molecule has 0 aliphatic heterocycles. The molecule has 2 aromatic rings. The molecule has 19 heavy (non-hydrogen) atoms. The van der Waals surface area contributed by atoms with Crippen LogP contribution in [0, 0.1) is 11.6 Å². The van der Waals surface area contributed by atoms with Crippen LogP contribution in [0.15, 0.2) is 47.4 Å². The van der Waals surface area contributed by atoms with Crippen LogP contribution < -0.4 is 10.5 Å². The SMILES string of the molecule is Nc1ccc(F)c(NS(=O)(=O)c2cccc(F)c2)c1. The molecule has 3 N–H and O–H groups in total. The minimum absolute atomic E-state index is 0.207. The molecule has 100 valence electrons. The Hall–Kier alpha value is -2.15. The summed E-state index contributed by atoms with van der Waals surface area (Å²) < 4.78 is 52.3. The molecule has 0 heterocycles. The summed E-state index contributed by atoms with van der Waals surface area (Å²) in [6, 6.07) is 7.89. The van der Waals surface area contributed by atoms with Crippen LogP contribution in [0.3, 0.4) is 0 Å². The molecule has 0 spiro atoms. The quantitative estimate of drug-likeness (QED) is 0.850. The van der Waals surface area contributed by atoms with E-state index in [-0.39, 0.29) is 16.3 Å². The van der Waals surface area contributed by atoms with Crippen molar-refractivity contribution in [2.24, 2.45) is 0 Å². The van der Waals surface area contributed by atoms with Gasteiger partial charge in [-0.3, -0.25) is 4.72 Å². The Balaban J connectivity index is 2.39. The van der Waals surface area contributed by atoms with Gasteiger partial charge in [-0.1, -0.05) is 6.07 Å². The highest BCUT2D eigenvalue weighted by atomic mass is 32.2. The van der Waals surface area contributed by atoms with Crippen molar-refractivity contribution in [2.75, 3.05) is 10.5 Å². The van der Waals surface area contributed by atoms with Gasteiger partial charge in [0.05, 0.1) is 10.6 Å². The van der Waals surface area contributed by atoms with E-state index in [1.807, 2.05) is 4.72 Å². The van der Waals surface area contributed by atoms with Gasteiger partial charge < -0.3 is 5.73 Å². The third-order valence-electron chi connectivity index (χ3n) is 2.34. The summed E-state index contributed by atoms with van der Waals surface area (Å²) in [6.45, 7) is 0. The van der Waals surface area contributed by atoms with Crippen molar-refractivity contribution in [1.82, 2.24) is 0 Å². The van der Waals surface area contributed by atoms with Crippen LogP contribution >= 0.6 is 0 Å². The summed E-state index contributed by atoms with van der Waals surface area (Å²) in [5.74, 6) is -1.47. The predicted octanol–water partition coefficient (Wildman–Crippen LogP) is 2.35. The van der Waals surface area contributed by atoms with Crippen molar-refractivity contribution in [3.63, 3.8) is 0 Å². The smallest absolute Gasteiger partial charge is 0.262 e. The zero-order valence-electron chi connectivity index (χ0n) is 9.60. The van der Waals surface area contributed by atoms with Gasteiger partial charge in [0.15, 0.2) is 0 Å². The maximum absolute atomic E-state index is 13.4. The molecule has 0 aliphatic rings. The summed E-state index contributed by atoms with van der Waals surface area (Å²) in [5.41, 5.74) is 5.37. The van der Waals surface area contributed by atoms with Crippen LogP contribution in [0.1, 0.15) is 0 Å². The van der Waals surface area contributed by atoms with E-state index in [4.69, 9.17) is 5.73 Å². The van der Waals surface area contributed by atoms with Gasteiger partial charge in [-0.05, 0) is 36.4 Å². The van der Waals surface area contributed by atoms with E-state index < -0.39 is 21.7 Å². The van der Waals surface area contributed by atoms with Crippen molar-refractivity contribution >= 4 is 21.4 Å². The number of hydrogen-bond donors (Lipinski definition) is 2. The summed E-state index contributed by atoms with van der Waals surface area (Å²) in [5, 5.41) is 0. The molecule has 0 aromatic heterocycles. The fourth-order valence-electron chi connectivity index (χ4n) is 1.46. The lowest BCUT2D eigenvalue weighted by atomic mass is 10.3. The van der Waals surface area contributed by atoms with Crippen molar-refractivity contribution in [1.29, 1.82) is 0 Å². The zero-order chi connectivity index (χ0) is 14.0. The van der Waals surface area contributed by atoms with Crippen molar-refractivity contribution in [3.05, 3.63) is 54.1 Å². The summed E-state index contributed by atoms with van der Waals surface area (Å²) in [4.78, 5) is -0.297. The topological polar surface area (TPSA) is 72.2 Å². The Labute approximate surface area is 108 Å². The Morgan fingerprint density at radius 3 is 2.47 bits per heavy atom. The van der Waals surface area contributed by atoms with Crippen molar-refractivity contribution < 1.29 is 17.2 Å². The molecule has 2 rings (SSSR count). The molecule has 0 amide bonds. The van der Waals surface area contributed by atoms with Crippen molar-refractivity contribution in [3.8, 4) is 0 Å². The van der Waals surface area contributed by atoms with Gasteiger partial charge in [0.2, 0.25) is 0 Å². The number of hydrogen-bond acceptors (Lipinski definition) is 3. The molecule has 0 saturated heterocycles. The normalized spacial score (nSPS) is 11.3. The first-order valence-electron chi connectivity index (χ1n) is 5.22. The minimum atomic E-state index is -4.06. The van der Waals surface area contributed by atoms with Crippen LogP contribution in [0.5, 0.6) is 0 Å². The fourth-order valence-corrected chi connectivity index (χ4v) is 2.55. The average molecular weight is 284 g/mol. The highest BCUT2D eigenvalue weighted by Crippen LogP contribution is 2.21. The molecule has 7 heteroatoms. The Morgan fingerprint density at radius 1 is 1.05 bits per heavy atom. The zero-order valence-corrected chi connectivity index (χ0v) is 10.4. The summed E-state index contributed by atoms with van der Waals surface area (Å²) in [7, 11) is -4.06. The Morgan fingerprint density at radius 2 is 1.79 bits per heavy atom. The van der Waals surface area contributed by atoms with Crippen LogP contribution in [-0.4, -0.2) is 8.42 Å². The fraction of sp³-hybridized carbons (Fsp3) is 0. The molecule has 0 fully saturated rings. The second-order valence-electron chi connectivity index (χ2n) is 3.80. The largest absolute Gasteiger partial charge is 0.399 e. The first kappa shape index (κ1) is 13.3. The number of benzene rings is 2. The lowest BCUT2D eigenvalue weighted by Crippen LogP contribution is -2.14. The highest BCUT2D eigenvalue weighted by molar-refractivity contribution is 7.92. The molecule has 2 aromatic carbocycles. The molecule has 0 bridgehead atoms. The first-order chi connectivity index (χ1) is 8.88. The molecule has 4 nitrogen and oxygen atoms in total. The van der Waals surface area contributed by atoms with Crippen LogP contribution in [0.25, 0.3) is 0 Å². The second-order valence-corrected chi connectivity index (χ2v) is 5.48. The van der Waals surface area contributed by atoms with E-state index in [1.165, 1.54) is 18.2 Å². The maximum atomic E-state index is 13.4. The Bertz CT molecular complexity index is 717. The van der Waals surface area contributed by atoms with Gasteiger partial charge in [-0.15, -0.1) is 0 Å². The van der Waals surface area contributed by atoms with E-state index in [9.17, 15) is 17.2 Å². The van der Waals surface area contributed by atoms with Gasteiger partial charge in [0.1, 0.15) is 11.6 Å². The van der Waals surface area contributed by atoms with E-state index in [1.54, 1.807) is 0 Å². The third-order valence-corrected chi connectivity index (χ3v) is 3.70. The number of rotatable bonds is 3. The highest BCUT2D eigenvalue weighted by Gasteiger charge is 2.16. The molecule has 0 atom stereocenters. The number of nitrogens with two attached hydrogens (primary N) is 1. The van der Waals surface area contributed by atoms with Gasteiger partial charge >= 0.3 is 0 Å². The van der Waals surface area contributed by atoms with Crippen LogP contribution in [0.2, 0.25) is 0 Å². The van der Waals surface area contributed by atoms with E-state index in [0.29, 0.717) is 0 Å². The molecular weight excluding hydrogens is 274 g/mol. The van der Waals surface area contributed by atoms with E-state index in [2.05, 4.69) is 0 Å². The second kappa shape index (κ2) is 4.85. The van der Waals surface area contributed by atoms with Gasteiger partial charge in [0, 0.05) is 5.69 Å². The maximum Gasteiger partial charge on any atom is 0.262 e. The monoisotopic (exact) mass is 284 g/mol. The van der Waals surface area contributed by atoms with Gasteiger partial charge in [0.25, 0.3) is 10.0 Å². The molecule has 0 unspecified atom stereocenters. The average Bonchev–Trinajstić information content (AvgIpc) is 2.33. The van der Waals surface area contributed by atoms with Gasteiger partial charge in [-0.2, -0.15) is 0 Å². The summed E-state index contributed by atoms with van der Waals surface area (Å²) in [6.07, 6.45) is 0. The van der Waals surface area contributed by atoms with Crippen molar-refractivity contribution in [2.45, 2.75) is 4.90 Å². The number of sulfonamides is 1. The first-order valence-corrected chi connectivity index (χ1v) is 6.70. The number of nitrogen functional groups attached to an aromatic ring is 1. The predicted molar refractivity (Wildman–Crippen MR) is 68.0 cm³/mol. The molecular formula is C12H10F2N2O2S. The lowest BCUT2D eigenvalue weighted by molar-refractivity contribution is 0.593. The molecule has 0 aliphatic carbocycles. The minimum Gasteiger partial charge on any atom is -0.399 e. The lowest BCUT2D eigenvalue weighted by Gasteiger charge is -2.09. The van der Waals surface area contributed by atoms with Crippen LogP contribution in [0.4, 0.5) is 20.2 Å². The number of nitrogens with one attached hydrogen (secondary N) is 1. The van der Waals surface area contributed by atoms with Crippen LogP contribution in [-0.2, 0) is 10.0 Å². The van der Waals surface area contributed by atoms with E-state index in [0.717, 1.165) is 24.3 Å². The molecule has 0 saturated carbocycles. The van der Waals surface area contributed by atoms with E-state index >= 15 is 0 Å². The standard InChI is InChI=1S/C12H10F2N2O2S/c13-8-2-1-3-10(6-8)19(17,18)16-12-7-9(15)4-5-11(12)14/h1-7,16H,15H2. The molecule has 0 radical (unpaired) electrons. The van der Waals surface area contributed by atoms with Gasteiger partial charge in [-0.25, -0.2) is 17.2 Å².